The molecule has 1 amide bonds. The number of amides is 1. The summed E-state index contributed by atoms with van der Waals surface area (Å²) in [5.74, 6) is 0.574. The van der Waals surface area contributed by atoms with Crippen LogP contribution >= 0.6 is 0 Å². The lowest BCUT2D eigenvalue weighted by atomic mass is 10.0. The molecule has 0 unspecified atom stereocenters. The quantitative estimate of drug-likeness (QED) is 0.774. The molecule has 0 aromatic heterocycles. The smallest absolute Gasteiger partial charge is 0.263 e. The topological polar surface area (TPSA) is 96.9 Å². The van der Waals surface area contributed by atoms with Gasteiger partial charge in [0.15, 0.2) is 0 Å². The van der Waals surface area contributed by atoms with Crippen LogP contribution in [0.15, 0.2) is 58.4 Å². The summed E-state index contributed by atoms with van der Waals surface area (Å²) in [5, 5.41) is 2.87. The average Bonchev–Trinajstić information content (AvgIpc) is 2.95. The van der Waals surface area contributed by atoms with Gasteiger partial charge in [0.1, 0.15) is 17.6 Å². The standard InChI is InChI=1S/C20H23N3O4S/c1-13(2)18(20(24)21-12-14-8-10-15(27-3)11-9-14)22-19-16-6-4-5-7-17(16)28(25,26)23-19/h4-11,13,18H,12H2,1-3H3,(H,21,24)(H,22,23)/t18-/m1/s1. The normalized spacial score (nSPS) is 17.1. The Kier molecular flexibility index (Phi) is 5.69. The first kappa shape index (κ1) is 19.9. The second kappa shape index (κ2) is 8.02. The number of hydrogen-bond donors (Lipinski definition) is 2. The molecule has 8 heteroatoms. The Labute approximate surface area is 164 Å². The minimum absolute atomic E-state index is 0.111. The molecule has 2 N–H and O–H groups in total. The highest BCUT2D eigenvalue weighted by molar-refractivity contribution is 7.90. The summed E-state index contributed by atoms with van der Waals surface area (Å²) in [4.78, 5) is 17.3. The first-order valence-corrected chi connectivity index (χ1v) is 10.4. The van der Waals surface area contributed by atoms with E-state index in [1.165, 1.54) is 6.07 Å². The zero-order valence-corrected chi connectivity index (χ0v) is 16.8. The minimum Gasteiger partial charge on any atom is -0.497 e. The van der Waals surface area contributed by atoms with Crippen LogP contribution in [0.1, 0.15) is 25.0 Å². The highest BCUT2D eigenvalue weighted by Gasteiger charge is 2.32. The Morgan fingerprint density at radius 1 is 1.14 bits per heavy atom. The second-order valence-electron chi connectivity index (χ2n) is 6.83. The number of sulfonamides is 1. The Morgan fingerprint density at radius 2 is 1.82 bits per heavy atom. The van der Waals surface area contributed by atoms with E-state index >= 15 is 0 Å². The highest BCUT2D eigenvalue weighted by atomic mass is 32.2. The fraction of sp³-hybridized carbons (Fsp3) is 0.300. The molecule has 7 nitrogen and oxygen atoms in total. The fourth-order valence-electron chi connectivity index (χ4n) is 2.92. The lowest BCUT2D eigenvalue weighted by molar-refractivity contribution is -0.123. The van der Waals surface area contributed by atoms with E-state index in [4.69, 9.17) is 4.74 Å². The lowest BCUT2D eigenvalue weighted by Crippen LogP contribution is -2.38. The molecule has 1 aliphatic rings. The minimum atomic E-state index is -3.64. The first-order valence-electron chi connectivity index (χ1n) is 8.92. The maximum absolute atomic E-state index is 12.7. The van der Waals surface area contributed by atoms with Gasteiger partial charge in [-0.3, -0.25) is 14.5 Å². The van der Waals surface area contributed by atoms with Crippen LogP contribution < -0.4 is 14.8 Å². The van der Waals surface area contributed by atoms with Gasteiger partial charge in [-0.05, 0) is 35.7 Å². The van der Waals surface area contributed by atoms with Crippen molar-refractivity contribution >= 4 is 21.8 Å². The molecule has 0 bridgehead atoms. The molecule has 0 radical (unpaired) electrons. The monoisotopic (exact) mass is 401 g/mol. The van der Waals surface area contributed by atoms with Crippen molar-refractivity contribution in [3.63, 3.8) is 0 Å². The maximum Gasteiger partial charge on any atom is 0.263 e. The summed E-state index contributed by atoms with van der Waals surface area (Å²) in [5.41, 5.74) is 1.41. The van der Waals surface area contributed by atoms with Crippen molar-refractivity contribution in [1.29, 1.82) is 0 Å². The van der Waals surface area contributed by atoms with E-state index in [1.54, 1.807) is 25.3 Å². The molecule has 1 atom stereocenters. The van der Waals surface area contributed by atoms with Gasteiger partial charge in [-0.25, -0.2) is 8.42 Å². The summed E-state index contributed by atoms with van der Waals surface area (Å²) in [6.45, 7) is 4.09. The Bertz CT molecular complexity index is 998. The molecule has 28 heavy (non-hydrogen) atoms. The molecule has 3 rings (SSSR count). The molecule has 2 aromatic carbocycles. The van der Waals surface area contributed by atoms with E-state index in [0.29, 0.717) is 12.1 Å². The summed E-state index contributed by atoms with van der Waals surface area (Å²) in [6.07, 6.45) is 0. The van der Waals surface area contributed by atoms with E-state index in [9.17, 15) is 13.2 Å². The van der Waals surface area contributed by atoms with Crippen LogP contribution in [0, 0.1) is 5.92 Å². The first-order chi connectivity index (χ1) is 13.3. The molecular formula is C20H23N3O4S. The predicted octanol–water partition coefficient (Wildman–Crippen LogP) is 2.07. The largest absolute Gasteiger partial charge is 0.497 e. The molecule has 1 aliphatic heterocycles. The molecule has 1 heterocycles. The fourth-order valence-corrected chi connectivity index (χ4v) is 4.16. The summed E-state index contributed by atoms with van der Waals surface area (Å²) >= 11 is 0. The van der Waals surface area contributed by atoms with E-state index in [2.05, 4.69) is 15.0 Å². The average molecular weight is 401 g/mol. The molecule has 0 fully saturated rings. The molecular weight excluding hydrogens is 378 g/mol. The number of hydrogen-bond acceptors (Lipinski definition) is 5. The van der Waals surface area contributed by atoms with Crippen molar-refractivity contribution < 1.29 is 17.9 Å². The SMILES string of the molecule is COc1ccc(CNC(=O)[C@H](N=C2NS(=O)(=O)c3ccccc32)C(C)C)cc1. The third kappa shape index (κ3) is 4.17. The third-order valence-corrected chi connectivity index (χ3v) is 5.85. The third-order valence-electron chi connectivity index (χ3n) is 4.46. The summed E-state index contributed by atoms with van der Waals surface area (Å²) < 4.78 is 32.1. The lowest BCUT2D eigenvalue weighted by Gasteiger charge is -2.17. The molecule has 0 spiro atoms. The van der Waals surface area contributed by atoms with Crippen LogP contribution in [-0.2, 0) is 21.4 Å². The number of fused-ring (bicyclic) bond motifs is 1. The zero-order chi connectivity index (χ0) is 20.3. The van der Waals surface area contributed by atoms with Gasteiger partial charge in [-0.1, -0.05) is 38.1 Å². The van der Waals surface area contributed by atoms with Crippen molar-refractivity contribution in [2.75, 3.05) is 7.11 Å². The van der Waals surface area contributed by atoms with Gasteiger partial charge in [-0.2, -0.15) is 0 Å². The number of carbonyl (C=O) groups excluding carboxylic acids is 1. The number of carbonyl (C=O) groups is 1. The Morgan fingerprint density at radius 3 is 2.46 bits per heavy atom. The number of aliphatic imine (C=N–C) groups is 1. The number of methoxy groups -OCH3 is 1. The van der Waals surface area contributed by atoms with Gasteiger partial charge in [0, 0.05) is 12.1 Å². The zero-order valence-electron chi connectivity index (χ0n) is 16.0. The van der Waals surface area contributed by atoms with Crippen LogP contribution in [0.3, 0.4) is 0 Å². The van der Waals surface area contributed by atoms with Gasteiger partial charge in [0.05, 0.1) is 12.0 Å². The molecule has 148 valence electrons. The Balaban J connectivity index is 1.78. The predicted molar refractivity (Wildman–Crippen MR) is 107 cm³/mol. The molecule has 0 aliphatic carbocycles. The van der Waals surface area contributed by atoms with Crippen molar-refractivity contribution in [1.82, 2.24) is 10.0 Å². The number of benzene rings is 2. The summed E-state index contributed by atoms with van der Waals surface area (Å²) in [7, 11) is -2.04. The van der Waals surface area contributed by atoms with Crippen molar-refractivity contribution in [3.05, 3.63) is 59.7 Å². The number of nitrogens with one attached hydrogen (secondary N) is 2. The Hall–Kier alpha value is -2.87. The number of amidine groups is 1. The van der Waals surface area contributed by atoms with Crippen molar-refractivity contribution in [3.8, 4) is 5.75 Å². The van der Waals surface area contributed by atoms with E-state index < -0.39 is 16.1 Å². The molecule has 0 saturated heterocycles. The molecule has 2 aromatic rings. The van der Waals surface area contributed by atoms with Crippen LogP contribution in [-0.4, -0.2) is 33.3 Å². The van der Waals surface area contributed by atoms with Crippen LogP contribution in [0.2, 0.25) is 0 Å². The van der Waals surface area contributed by atoms with Crippen molar-refractivity contribution in [2.24, 2.45) is 10.9 Å². The van der Waals surface area contributed by atoms with E-state index in [0.717, 1.165) is 11.3 Å². The van der Waals surface area contributed by atoms with Crippen LogP contribution in [0.5, 0.6) is 5.75 Å². The van der Waals surface area contributed by atoms with Gasteiger partial charge in [0.2, 0.25) is 5.91 Å². The van der Waals surface area contributed by atoms with Gasteiger partial charge in [-0.15, -0.1) is 0 Å². The number of ether oxygens (including phenoxy) is 1. The summed E-state index contributed by atoms with van der Waals surface area (Å²) in [6, 6.07) is 13.3. The van der Waals surface area contributed by atoms with Gasteiger partial charge < -0.3 is 10.1 Å². The number of nitrogens with zero attached hydrogens (tertiary/aromatic N) is 1. The molecule has 0 saturated carbocycles. The highest BCUT2D eigenvalue weighted by Crippen LogP contribution is 2.23. The number of rotatable bonds is 6. The van der Waals surface area contributed by atoms with E-state index in [-0.39, 0.29) is 22.6 Å². The van der Waals surface area contributed by atoms with Crippen LogP contribution in [0.25, 0.3) is 0 Å². The van der Waals surface area contributed by atoms with Gasteiger partial charge in [0.25, 0.3) is 10.0 Å². The van der Waals surface area contributed by atoms with Crippen LogP contribution in [0.4, 0.5) is 0 Å². The van der Waals surface area contributed by atoms with Crippen molar-refractivity contribution in [2.45, 2.75) is 31.3 Å². The second-order valence-corrected chi connectivity index (χ2v) is 8.48. The maximum atomic E-state index is 12.7. The van der Waals surface area contributed by atoms with Gasteiger partial charge >= 0.3 is 0 Å². The van der Waals surface area contributed by atoms with E-state index in [1.807, 2.05) is 38.1 Å².